The topological polar surface area (TPSA) is 20.2 Å². The maximum Gasteiger partial charge on any atom is 0.0861 e. The average Bonchev–Trinajstić information content (AvgIpc) is 2.86. The third-order valence-electron chi connectivity index (χ3n) is 8.12. The van der Waals surface area contributed by atoms with Crippen LogP contribution in [0.2, 0.25) is 0 Å². The minimum Gasteiger partial charge on any atom is -0.388 e. The van der Waals surface area contributed by atoms with E-state index in [1.54, 1.807) is 0 Å². The Labute approximate surface area is 221 Å². The van der Waals surface area contributed by atoms with Gasteiger partial charge in [-0.1, -0.05) is 127 Å². The lowest BCUT2D eigenvalue weighted by molar-refractivity contribution is 0.123. The second-order valence-corrected chi connectivity index (χ2v) is 11.7. The van der Waals surface area contributed by atoms with Crippen LogP contribution in [0.1, 0.15) is 113 Å². The molecular weight excluding hydrogens is 436 g/mol. The van der Waals surface area contributed by atoms with Gasteiger partial charge in [0.2, 0.25) is 0 Å². The van der Waals surface area contributed by atoms with Gasteiger partial charge in [-0.15, -0.1) is 0 Å². The van der Waals surface area contributed by atoms with Crippen molar-refractivity contribution in [2.75, 3.05) is 0 Å². The maximum atomic E-state index is 11.5. The van der Waals surface area contributed by atoms with Crippen LogP contribution >= 0.6 is 0 Å². The Morgan fingerprint density at radius 2 is 1.17 bits per heavy atom. The molecule has 3 unspecified atom stereocenters. The Kier molecular flexibility index (Phi) is 10.4. The first kappa shape index (κ1) is 28.2. The molecule has 0 aromatic heterocycles. The third kappa shape index (κ3) is 7.10. The highest BCUT2D eigenvalue weighted by Gasteiger charge is 2.27. The molecule has 0 amide bonds. The van der Waals surface area contributed by atoms with E-state index in [0.717, 1.165) is 18.4 Å². The minimum absolute atomic E-state index is 0.0789. The van der Waals surface area contributed by atoms with Gasteiger partial charge < -0.3 is 5.11 Å². The summed E-state index contributed by atoms with van der Waals surface area (Å²) in [5.41, 5.74) is 6.47. The molecule has 1 N–H and O–H groups in total. The first-order valence-corrected chi connectivity index (χ1v) is 14.1. The van der Waals surface area contributed by atoms with Gasteiger partial charge in [0.15, 0.2) is 0 Å². The predicted octanol–water partition coefficient (Wildman–Crippen LogP) is 9.68. The highest BCUT2D eigenvalue weighted by molar-refractivity contribution is 5.33. The van der Waals surface area contributed by atoms with Gasteiger partial charge in [0, 0.05) is 5.92 Å². The first-order chi connectivity index (χ1) is 17.2. The van der Waals surface area contributed by atoms with Crippen molar-refractivity contribution in [1.29, 1.82) is 0 Å². The van der Waals surface area contributed by atoms with E-state index in [0.29, 0.717) is 29.6 Å². The Morgan fingerprint density at radius 1 is 0.583 bits per heavy atom. The van der Waals surface area contributed by atoms with Crippen LogP contribution in [0.15, 0.2) is 78.9 Å². The molecule has 1 nitrogen and oxygen atoms in total. The molecule has 0 aliphatic rings. The average molecular weight is 485 g/mol. The van der Waals surface area contributed by atoms with Crippen molar-refractivity contribution >= 4 is 0 Å². The molecule has 3 rings (SSSR count). The lowest BCUT2D eigenvalue weighted by Crippen LogP contribution is -2.17. The maximum absolute atomic E-state index is 11.5. The van der Waals surface area contributed by atoms with E-state index in [1.165, 1.54) is 28.7 Å². The van der Waals surface area contributed by atoms with E-state index in [4.69, 9.17) is 0 Å². The zero-order chi connectivity index (χ0) is 26.2. The standard InChI is InChI=1S/C35H48O/c1-8-32(24(2)3)28-20-17-27(18-21-28)19-22-33(25(4)5)30-15-12-16-31(23-30)35(36)34(26(6)7)29-13-10-9-11-14-29/h9-18,20-21,23-26,32-36H,8,19,22H2,1-7H3/t32?,33-,34?,35?/m0/s1. The highest BCUT2D eigenvalue weighted by atomic mass is 16.3. The molecule has 3 aromatic carbocycles. The van der Waals surface area contributed by atoms with Gasteiger partial charge >= 0.3 is 0 Å². The molecule has 4 atom stereocenters. The molecule has 0 saturated heterocycles. The highest BCUT2D eigenvalue weighted by Crippen LogP contribution is 2.39. The number of hydrogen-bond acceptors (Lipinski definition) is 1. The quantitative estimate of drug-likeness (QED) is 0.271. The summed E-state index contributed by atoms with van der Waals surface area (Å²) < 4.78 is 0. The molecule has 194 valence electrons. The fourth-order valence-corrected chi connectivity index (χ4v) is 6.02. The van der Waals surface area contributed by atoms with Gasteiger partial charge in [-0.05, 0) is 76.7 Å². The molecule has 0 fully saturated rings. The summed E-state index contributed by atoms with van der Waals surface area (Å²) in [4.78, 5) is 0. The summed E-state index contributed by atoms with van der Waals surface area (Å²) in [5, 5.41) is 11.5. The zero-order valence-corrected chi connectivity index (χ0v) is 23.6. The summed E-state index contributed by atoms with van der Waals surface area (Å²) in [6.45, 7) is 16.0. The van der Waals surface area contributed by atoms with E-state index >= 15 is 0 Å². The van der Waals surface area contributed by atoms with Crippen molar-refractivity contribution in [3.05, 3.63) is 107 Å². The smallest absolute Gasteiger partial charge is 0.0861 e. The Balaban J connectivity index is 1.77. The second kappa shape index (κ2) is 13.2. The van der Waals surface area contributed by atoms with Gasteiger partial charge in [0.05, 0.1) is 6.10 Å². The van der Waals surface area contributed by atoms with E-state index in [2.05, 4.69) is 121 Å². The second-order valence-electron chi connectivity index (χ2n) is 11.7. The van der Waals surface area contributed by atoms with Crippen LogP contribution in [0.5, 0.6) is 0 Å². The summed E-state index contributed by atoms with van der Waals surface area (Å²) in [6, 6.07) is 28.6. The van der Waals surface area contributed by atoms with Crippen LogP contribution in [0.25, 0.3) is 0 Å². The molecule has 3 aromatic rings. The number of aryl methyl sites for hydroxylation is 1. The summed E-state index contributed by atoms with van der Waals surface area (Å²) in [7, 11) is 0. The molecule has 0 saturated carbocycles. The van der Waals surface area contributed by atoms with Gasteiger partial charge in [-0.2, -0.15) is 0 Å². The lowest BCUT2D eigenvalue weighted by Gasteiger charge is -2.29. The van der Waals surface area contributed by atoms with Crippen molar-refractivity contribution in [2.24, 2.45) is 17.8 Å². The Hall–Kier alpha value is -2.38. The molecule has 36 heavy (non-hydrogen) atoms. The Bertz CT molecular complexity index is 1030. The van der Waals surface area contributed by atoms with Crippen molar-refractivity contribution in [1.82, 2.24) is 0 Å². The number of rotatable bonds is 12. The lowest BCUT2D eigenvalue weighted by atomic mass is 9.79. The minimum atomic E-state index is -0.514. The molecule has 0 heterocycles. The van der Waals surface area contributed by atoms with Crippen LogP contribution in [0.3, 0.4) is 0 Å². The molecule has 0 spiro atoms. The number of hydrogen-bond donors (Lipinski definition) is 1. The van der Waals surface area contributed by atoms with Crippen molar-refractivity contribution in [2.45, 2.75) is 91.6 Å². The van der Waals surface area contributed by atoms with Gasteiger partial charge in [0.25, 0.3) is 0 Å². The first-order valence-electron chi connectivity index (χ1n) is 14.1. The molecule has 0 bridgehead atoms. The van der Waals surface area contributed by atoms with Crippen LogP contribution in [-0.2, 0) is 6.42 Å². The zero-order valence-electron chi connectivity index (χ0n) is 23.6. The SMILES string of the molecule is CCC(c1ccc(CC[C@H](c2cccc(C(O)C(c3ccccc3)C(C)C)c2)C(C)C)cc1)C(C)C. The third-order valence-corrected chi connectivity index (χ3v) is 8.12. The molecule has 0 radical (unpaired) electrons. The largest absolute Gasteiger partial charge is 0.388 e. The summed E-state index contributed by atoms with van der Waals surface area (Å²) in [5.74, 6) is 2.74. The van der Waals surface area contributed by atoms with Crippen LogP contribution in [0.4, 0.5) is 0 Å². The fourth-order valence-electron chi connectivity index (χ4n) is 6.02. The number of aliphatic hydroxyl groups excluding tert-OH is 1. The van der Waals surface area contributed by atoms with Crippen molar-refractivity contribution in [3.63, 3.8) is 0 Å². The predicted molar refractivity (Wildman–Crippen MR) is 156 cm³/mol. The van der Waals surface area contributed by atoms with Crippen molar-refractivity contribution in [3.8, 4) is 0 Å². The molecule has 1 heteroatoms. The summed E-state index contributed by atoms with van der Waals surface area (Å²) in [6.07, 6.45) is 2.87. The monoisotopic (exact) mass is 484 g/mol. The normalized spacial score (nSPS) is 15.3. The van der Waals surface area contributed by atoms with E-state index in [1.807, 2.05) is 6.07 Å². The van der Waals surface area contributed by atoms with E-state index < -0.39 is 6.10 Å². The van der Waals surface area contributed by atoms with E-state index in [9.17, 15) is 5.11 Å². The van der Waals surface area contributed by atoms with Gasteiger partial charge in [-0.3, -0.25) is 0 Å². The number of aliphatic hydroxyl groups is 1. The summed E-state index contributed by atoms with van der Waals surface area (Å²) >= 11 is 0. The fraction of sp³-hybridized carbons (Fsp3) is 0.486. The van der Waals surface area contributed by atoms with Gasteiger partial charge in [-0.25, -0.2) is 0 Å². The Morgan fingerprint density at radius 3 is 1.72 bits per heavy atom. The molecular formula is C35H48O. The van der Waals surface area contributed by atoms with Crippen molar-refractivity contribution < 1.29 is 5.11 Å². The number of benzene rings is 3. The van der Waals surface area contributed by atoms with Crippen LogP contribution < -0.4 is 0 Å². The van der Waals surface area contributed by atoms with Gasteiger partial charge in [0.1, 0.15) is 0 Å². The van der Waals surface area contributed by atoms with Crippen LogP contribution in [-0.4, -0.2) is 5.11 Å². The van der Waals surface area contributed by atoms with E-state index in [-0.39, 0.29) is 5.92 Å². The molecule has 0 aliphatic carbocycles. The van der Waals surface area contributed by atoms with Crippen LogP contribution in [0, 0.1) is 17.8 Å². The molecule has 0 aliphatic heterocycles.